The molecule has 3 atom stereocenters. The molecule has 118 valence electrons. The molecule has 2 rings (SSSR count). The summed E-state index contributed by atoms with van der Waals surface area (Å²) in [6.07, 6.45) is 4.38. The number of hydrogen-bond acceptors (Lipinski definition) is 4. The van der Waals surface area contributed by atoms with E-state index in [-0.39, 0.29) is 17.4 Å². The molecule has 2 N–H and O–H groups in total. The van der Waals surface area contributed by atoms with E-state index in [0.29, 0.717) is 6.42 Å². The van der Waals surface area contributed by atoms with Crippen molar-refractivity contribution >= 4 is 9.84 Å². The topological polar surface area (TPSA) is 69.4 Å². The second-order valence-corrected chi connectivity index (χ2v) is 8.51. The molecule has 1 aromatic rings. The van der Waals surface area contributed by atoms with Crippen LogP contribution in [0.4, 0.5) is 0 Å². The van der Waals surface area contributed by atoms with Crippen LogP contribution < -0.4 is 10.5 Å². The molecule has 0 radical (unpaired) electrons. The summed E-state index contributed by atoms with van der Waals surface area (Å²) >= 11 is 0. The summed E-state index contributed by atoms with van der Waals surface area (Å²) in [5.74, 6) is 0.796. The molecule has 0 amide bonds. The highest BCUT2D eigenvalue weighted by Gasteiger charge is 2.30. The number of benzene rings is 1. The van der Waals surface area contributed by atoms with Crippen molar-refractivity contribution in [3.8, 4) is 5.75 Å². The highest BCUT2D eigenvalue weighted by Crippen LogP contribution is 2.31. The fourth-order valence-corrected chi connectivity index (χ4v) is 4.06. The van der Waals surface area contributed by atoms with Crippen LogP contribution in [-0.2, 0) is 9.84 Å². The molecule has 1 aliphatic rings. The van der Waals surface area contributed by atoms with Crippen molar-refractivity contribution in [1.82, 2.24) is 0 Å². The molecule has 0 bridgehead atoms. The van der Waals surface area contributed by atoms with Gasteiger partial charge >= 0.3 is 0 Å². The van der Waals surface area contributed by atoms with Gasteiger partial charge in [-0.05, 0) is 44.7 Å². The molecule has 3 unspecified atom stereocenters. The second-order valence-electron chi connectivity index (χ2n) is 6.19. The molecule has 0 aromatic heterocycles. The molecular formula is C16H25NO3S. The molecule has 1 aromatic carbocycles. The van der Waals surface area contributed by atoms with E-state index in [1.54, 1.807) is 0 Å². The van der Waals surface area contributed by atoms with Crippen molar-refractivity contribution in [2.45, 2.75) is 56.9 Å². The van der Waals surface area contributed by atoms with Gasteiger partial charge in [-0.15, -0.1) is 0 Å². The zero-order valence-electron chi connectivity index (χ0n) is 13.0. The molecule has 5 heteroatoms. The Balaban J connectivity index is 2.16. The third-order valence-electron chi connectivity index (χ3n) is 4.14. The summed E-state index contributed by atoms with van der Waals surface area (Å²) in [7, 11) is -2.99. The molecule has 0 aliphatic heterocycles. The lowest BCUT2D eigenvalue weighted by atomic mass is 9.96. The summed E-state index contributed by atoms with van der Waals surface area (Å²) < 4.78 is 29.6. The van der Waals surface area contributed by atoms with Gasteiger partial charge in [0.2, 0.25) is 0 Å². The minimum Gasteiger partial charge on any atom is -0.490 e. The van der Waals surface area contributed by atoms with Gasteiger partial charge in [0.25, 0.3) is 0 Å². The Labute approximate surface area is 127 Å². The number of nitrogens with two attached hydrogens (primary N) is 1. The molecular weight excluding hydrogens is 286 g/mol. The molecule has 0 heterocycles. The van der Waals surface area contributed by atoms with E-state index in [0.717, 1.165) is 36.1 Å². The molecule has 21 heavy (non-hydrogen) atoms. The number of ether oxygens (including phenoxy) is 1. The third-order valence-corrected chi connectivity index (χ3v) is 5.78. The minimum absolute atomic E-state index is 0.0437. The van der Waals surface area contributed by atoms with Crippen molar-refractivity contribution in [3.05, 3.63) is 29.3 Å². The van der Waals surface area contributed by atoms with Crippen molar-refractivity contribution in [1.29, 1.82) is 0 Å². The highest BCUT2D eigenvalue weighted by molar-refractivity contribution is 7.91. The average Bonchev–Trinajstić information content (AvgIpc) is 2.37. The second kappa shape index (κ2) is 6.36. The van der Waals surface area contributed by atoms with Gasteiger partial charge in [0.1, 0.15) is 15.6 Å². The van der Waals surface area contributed by atoms with E-state index in [2.05, 4.69) is 0 Å². The SMILES string of the molecule is Cc1ccc(C(C)N)c(OC2CCCC(S(C)(=O)=O)C2)c1. The summed E-state index contributed by atoms with van der Waals surface area (Å²) in [5.41, 5.74) is 8.08. The Morgan fingerprint density at radius 1 is 1.33 bits per heavy atom. The maximum absolute atomic E-state index is 11.7. The van der Waals surface area contributed by atoms with Crippen LogP contribution in [0.15, 0.2) is 18.2 Å². The van der Waals surface area contributed by atoms with E-state index in [1.165, 1.54) is 6.26 Å². The molecule has 1 fully saturated rings. The van der Waals surface area contributed by atoms with Crippen LogP contribution in [0.2, 0.25) is 0 Å². The van der Waals surface area contributed by atoms with Gasteiger partial charge in [0, 0.05) is 24.3 Å². The first-order chi connectivity index (χ1) is 9.77. The Hall–Kier alpha value is -1.07. The summed E-state index contributed by atoms with van der Waals surface area (Å²) in [6, 6.07) is 5.90. The van der Waals surface area contributed by atoms with Crippen LogP contribution in [0.1, 0.15) is 49.8 Å². The van der Waals surface area contributed by atoms with Gasteiger partial charge in [-0.3, -0.25) is 0 Å². The molecule has 1 aliphatic carbocycles. The van der Waals surface area contributed by atoms with Gasteiger partial charge in [0.15, 0.2) is 0 Å². The maximum atomic E-state index is 11.7. The van der Waals surface area contributed by atoms with Gasteiger partial charge in [0.05, 0.1) is 11.4 Å². The number of rotatable bonds is 4. The number of hydrogen-bond donors (Lipinski definition) is 1. The van der Waals surface area contributed by atoms with Crippen LogP contribution in [0.25, 0.3) is 0 Å². The summed E-state index contributed by atoms with van der Waals surface area (Å²) in [5, 5.41) is -0.278. The lowest BCUT2D eigenvalue weighted by Crippen LogP contribution is -2.33. The molecule has 1 saturated carbocycles. The first-order valence-electron chi connectivity index (χ1n) is 7.49. The maximum Gasteiger partial charge on any atom is 0.150 e. The summed E-state index contributed by atoms with van der Waals surface area (Å²) in [4.78, 5) is 0. The average molecular weight is 311 g/mol. The quantitative estimate of drug-likeness (QED) is 0.928. The van der Waals surface area contributed by atoms with E-state index >= 15 is 0 Å². The fourth-order valence-electron chi connectivity index (χ4n) is 2.90. The first kappa shape index (κ1) is 16.3. The molecule has 0 spiro atoms. The standard InChI is InChI=1S/C16H25NO3S/c1-11-7-8-15(12(2)17)16(9-11)20-13-5-4-6-14(10-13)21(3,18)19/h7-9,12-14H,4-6,10,17H2,1-3H3. The van der Waals surface area contributed by atoms with Gasteiger partial charge in [-0.25, -0.2) is 8.42 Å². The normalized spacial score (nSPS) is 24.6. The van der Waals surface area contributed by atoms with E-state index < -0.39 is 9.84 Å². The van der Waals surface area contributed by atoms with E-state index in [1.807, 2.05) is 32.0 Å². The lowest BCUT2D eigenvalue weighted by Gasteiger charge is -2.29. The zero-order valence-corrected chi connectivity index (χ0v) is 13.8. The van der Waals surface area contributed by atoms with E-state index in [4.69, 9.17) is 10.5 Å². The Bertz CT molecular complexity index is 596. The van der Waals surface area contributed by atoms with Crippen molar-refractivity contribution in [3.63, 3.8) is 0 Å². The Kier molecular flexibility index (Phi) is 4.94. The first-order valence-corrected chi connectivity index (χ1v) is 9.44. The van der Waals surface area contributed by atoms with Crippen LogP contribution >= 0.6 is 0 Å². The van der Waals surface area contributed by atoms with Gasteiger partial charge in [-0.1, -0.05) is 12.1 Å². The fraction of sp³-hybridized carbons (Fsp3) is 0.625. The monoisotopic (exact) mass is 311 g/mol. The van der Waals surface area contributed by atoms with Crippen LogP contribution in [-0.4, -0.2) is 26.0 Å². The Morgan fingerprint density at radius 2 is 2.05 bits per heavy atom. The largest absolute Gasteiger partial charge is 0.490 e. The van der Waals surface area contributed by atoms with Crippen LogP contribution in [0, 0.1) is 6.92 Å². The molecule has 0 saturated heterocycles. The van der Waals surface area contributed by atoms with Crippen LogP contribution in [0.5, 0.6) is 5.75 Å². The van der Waals surface area contributed by atoms with Crippen molar-refractivity contribution < 1.29 is 13.2 Å². The van der Waals surface area contributed by atoms with Crippen molar-refractivity contribution in [2.24, 2.45) is 5.73 Å². The molecule has 4 nitrogen and oxygen atoms in total. The highest BCUT2D eigenvalue weighted by atomic mass is 32.2. The van der Waals surface area contributed by atoms with Gasteiger partial charge < -0.3 is 10.5 Å². The minimum atomic E-state index is -2.99. The predicted octanol–water partition coefficient (Wildman–Crippen LogP) is 2.75. The van der Waals surface area contributed by atoms with Gasteiger partial charge in [-0.2, -0.15) is 0 Å². The number of aryl methyl sites for hydroxylation is 1. The zero-order chi connectivity index (χ0) is 15.6. The summed E-state index contributed by atoms with van der Waals surface area (Å²) in [6.45, 7) is 3.94. The van der Waals surface area contributed by atoms with Crippen molar-refractivity contribution in [2.75, 3.05) is 6.26 Å². The predicted molar refractivity (Wildman–Crippen MR) is 85.3 cm³/mol. The van der Waals surface area contributed by atoms with Crippen LogP contribution in [0.3, 0.4) is 0 Å². The van der Waals surface area contributed by atoms with E-state index in [9.17, 15) is 8.42 Å². The smallest absolute Gasteiger partial charge is 0.150 e. The lowest BCUT2D eigenvalue weighted by molar-refractivity contribution is 0.154. The number of sulfone groups is 1. The Morgan fingerprint density at radius 3 is 2.67 bits per heavy atom. The third kappa shape index (κ3) is 4.20.